The van der Waals surface area contributed by atoms with Gasteiger partial charge in [0, 0.05) is 10.0 Å². The van der Waals surface area contributed by atoms with Gasteiger partial charge < -0.3 is 13.9 Å². The number of para-hydroxylation sites is 1. The van der Waals surface area contributed by atoms with Crippen molar-refractivity contribution in [2.24, 2.45) is 0 Å². The number of rotatable bonds is 3. The van der Waals surface area contributed by atoms with Crippen molar-refractivity contribution in [2.45, 2.75) is 12.3 Å². The van der Waals surface area contributed by atoms with E-state index in [4.69, 9.17) is 14.1 Å². The summed E-state index contributed by atoms with van der Waals surface area (Å²) in [6.45, 7) is 0. The monoisotopic (exact) mass is 606 g/mol. The standard InChI is InChI=1S/C28H14BrF3N4O4/c29-18-7-3-1-5-16(18)24-34-25-22-20(14-9-11-15(12-10-14)40-28(30,31)32)21-23(39-26(22)33-13-36(25)35-24)17-6-2-4-8-19(17)38-27(21)37/h1-13,20H. The highest BCUT2D eigenvalue weighted by atomic mass is 79.9. The highest BCUT2D eigenvalue weighted by molar-refractivity contribution is 9.10. The average molecular weight is 607 g/mol. The molecule has 0 spiro atoms. The lowest BCUT2D eigenvalue weighted by Gasteiger charge is -2.27. The van der Waals surface area contributed by atoms with Crippen LogP contribution in [0.3, 0.4) is 0 Å². The molecule has 1 unspecified atom stereocenters. The zero-order valence-electron chi connectivity index (χ0n) is 20.0. The molecule has 3 aromatic heterocycles. The van der Waals surface area contributed by atoms with Gasteiger partial charge in [0.2, 0.25) is 5.88 Å². The Balaban J connectivity index is 1.49. The molecule has 0 bridgehead atoms. The fourth-order valence-corrected chi connectivity index (χ4v) is 5.34. The van der Waals surface area contributed by atoms with Crippen LogP contribution < -0.4 is 15.1 Å². The molecule has 0 amide bonds. The molecule has 3 aromatic carbocycles. The Bertz CT molecular complexity index is 2000. The second-order valence-electron chi connectivity index (χ2n) is 8.93. The lowest BCUT2D eigenvalue weighted by Crippen LogP contribution is -2.22. The van der Waals surface area contributed by atoms with Crippen LogP contribution in [0.1, 0.15) is 22.6 Å². The van der Waals surface area contributed by atoms with Crippen LogP contribution in [0.2, 0.25) is 0 Å². The second-order valence-corrected chi connectivity index (χ2v) is 9.78. The van der Waals surface area contributed by atoms with Crippen molar-refractivity contribution in [3.05, 3.63) is 111 Å². The van der Waals surface area contributed by atoms with Gasteiger partial charge in [0.15, 0.2) is 17.2 Å². The predicted octanol–water partition coefficient (Wildman–Crippen LogP) is 6.84. The van der Waals surface area contributed by atoms with Crippen LogP contribution in [0.15, 0.2) is 92.8 Å². The van der Waals surface area contributed by atoms with Crippen LogP contribution in [0.5, 0.6) is 17.4 Å². The minimum atomic E-state index is -4.85. The number of hydrogen-bond acceptors (Lipinski definition) is 7. The van der Waals surface area contributed by atoms with E-state index in [-0.39, 0.29) is 17.2 Å². The summed E-state index contributed by atoms with van der Waals surface area (Å²) < 4.78 is 56.6. The number of nitrogens with zero attached hydrogens (tertiary/aromatic N) is 4. The van der Waals surface area contributed by atoms with Gasteiger partial charge in [-0.3, -0.25) is 0 Å². The normalized spacial score (nSPS) is 14.6. The van der Waals surface area contributed by atoms with Crippen molar-refractivity contribution in [3.63, 3.8) is 0 Å². The third-order valence-corrected chi connectivity index (χ3v) is 7.22. The number of alkyl halides is 3. The van der Waals surface area contributed by atoms with Crippen LogP contribution in [0.25, 0.3) is 28.0 Å². The predicted molar refractivity (Wildman–Crippen MR) is 141 cm³/mol. The summed E-state index contributed by atoms with van der Waals surface area (Å²) in [4.78, 5) is 22.7. The maximum atomic E-state index is 13.4. The highest BCUT2D eigenvalue weighted by Crippen LogP contribution is 2.49. The summed E-state index contributed by atoms with van der Waals surface area (Å²) in [5.74, 6) is -0.423. The first-order chi connectivity index (χ1) is 19.3. The van der Waals surface area contributed by atoms with Crippen LogP contribution in [-0.4, -0.2) is 25.9 Å². The summed E-state index contributed by atoms with van der Waals surface area (Å²) in [5, 5.41) is 5.12. The van der Waals surface area contributed by atoms with E-state index < -0.39 is 23.7 Å². The first-order valence-electron chi connectivity index (χ1n) is 11.9. The first-order valence-corrected chi connectivity index (χ1v) is 12.7. The van der Waals surface area contributed by atoms with Gasteiger partial charge in [-0.2, -0.15) is 0 Å². The molecule has 0 aliphatic carbocycles. The molecule has 1 aliphatic rings. The van der Waals surface area contributed by atoms with Crippen LogP contribution >= 0.6 is 15.9 Å². The SMILES string of the molecule is O=c1oc2ccccc2c2c1C(c1ccc(OC(F)(F)F)cc1)c1c(ncn3nc(-c4ccccc4Br)nc13)O2. The molecule has 0 N–H and O–H groups in total. The van der Waals surface area contributed by atoms with E-state index in [1.165, 1.54) is 35.1 Å². The van der Waals surface area contributed by atoms with Gasteiger partial charge in [-0.25, -0.2) is 19.3 Å². The molecule has 0 saturated heterocycles. The number of ether oxygens (including phenoxy) is 2. The van der Waals surface area contributed by atoms with Gasteiger partial charge in [0.25, 0.3) is 0 Å². The fourth-order valence-electron chi connectivity index (χ4n) is 4.88. The van der Waals surface area contributed by atoms with Crippen LogP contribution in [-0.2, 0) is 0 Å². The average Bonchev–Trinajstić information content (AvgIpc) is 3.36. The van der Waals surface area contributed by atoms with E-state index in [1.807, 2.05) is 24.3 Å². The minimum Gasteiger partial charge on any atom is -0.437 e. The number of aromatic nitrogens is 4. The zero-order valence-corrected chi connectivity index (χ0v) is 21.6. The Kier molecular flexibility index (Phi) is 5.42. The number of halogens is 4. The Hall–Kier alpha value is -4.71. The molecule has 7 rings (SSSR count). The van der Waals surface area contributed by atoms with Crippen LogP contribution in [0.4, 0.5) is 13.2 Å². The molecule has 0 saturated carbocycles. The quantitative estimate of drug-likeness (QED) is 0.203. The van der Waals surface area contributed by atoms with Crippen LogP contribution in [0, 0.1) is 0 Å². The Labute approximate surface area is 230 Å². The van der Waals surface area contributed by atoms with E-state index in [9.17, 15) is 18.0 Å². The molecule has 0 radical (unpaired) electrons. The van der Waals surface area contributed by atoms with Crippen molar-refractivity contribution in [1.29, 1.82) is 0 Å². The summed E-state index contributed by atoms with van der Waals surface area (Å²) in [7, 11) is 0. The first kappa shape index (κ1) is 24.3. The molecule has 40 heavy (non-hydrogen) atoms. The van der Waals surface area contributed by atoms with Gasteiger partial charge in [0.1, 0.15) is 17.7 Å². The van der Waals surface area contributed by atoms with E-state index in [0.717, 1.165) is 10.0 Å². The second kappa shape index (κ2) is 8.91. The topological polar surface area (TPSA) is 91.8 Å². The van der Waals surface area contributed by atoms with Gasteiger partial charge in [-0.1, -0.05) is 52.3 Å². The number of fused-ring (bicyclic) bond motifs is 6. The molecule has 4 heterocycles. The maximum absolute atomic E-state index is 13.4. The molecule has 8 nitrogen and oxygen atoms in total. The van der Waals surface area contributed by atoms with Crippen molar-refractivity contribution in [2.75, 3.05) is 0 Å². The van der Waals surface area contributed by atoms with Gasteiger partial charge in [0.05, 0.1) is 22.4 Å². The fraction of sp³-hybridized carbons (Fsp3) is 0.0714. The Morgan fingerprint density at radius 2 is 1.70 bits per heavy atom. The van der Waals surface area contributed by atoms with Crippen molar-refractivity contribution >= 4 is 32.5 Å². The lowest BCUT2D eigenvalue weighted by atomic mass is 9.84. The van der Waals surface area contributed by atoms with Gasteiger partial charge in [-0.15, -0.1) is 18.3 Å². The zero-order chi connectivity index (χ0) is 27.6. The van der Waals surface area contributed by atoms with Gasteiger partial charge in [-0.05, 0) is 42.0 Å². The molecule has 198 valence electrons. The maximum Gasteiger partial charge on any atom is 0.573 e. The molecule has 1 atom stereocenters. The third kappa shape index (κ3) is 3.99. The third-order valence-electron chi connectivity index (χ3n) is 6.52. The van der Waals surface area contributed by atoms with E-state index in [2.05, 4.69) is 30.7 Å². The van der Waals surface area contributed by atoms with Crippen molar-refractivity contribution < 1.29 is 27.1 Å². The number of hydrogen-bond donors (Lipinski definition) is 0. The minimum absolute atomic E-state index is 0.163. The van der Waals surface area contributed by atoms with E-state index >= 15 is 0 Å². The summed E-state index contributed by atoms with van der Waals surface area (Å²) in [5.41, 5.74) is 1.80. The number of benzene rings is 3. The molecule has 12 heteroatoms. The summed E-state index contributed by atoms with van der Waals surface area (Å²) in [6, 6.07) is 19.6. The highest BCUT2D eigenvalue weighted by Gasteiger charge is 2.38. The smallest absolute Gasteiger partial charge is 0.437 e. The van der Waals surface area contributed by atoms with Gasteiger partial charge >= 0.3 is 12.0 Å². The Morgan fingerprint density at radius 1 is 0.950 bits per heavy atom. The molecule has 6 aromatic rings. The largest absolute Gasteiger partial charge is 0.573 e. The molecular formula is C28H14BrF3N4O4. The lowest BCUT2D eigenvalue weighted by molar-refractivity contribution is -0.274. The molecule has 1 aliphatic heterocycles. The van der Waals surface area contributed by atoms with E-state index in [1.54, 1.807) is 24.3 Å². The van der Waals surface area contributed by atoms with Crippen molar-refractivity contribution in [1.82, 2.24) is 19.6 Å². The Morgan fingerprint density at radius 3 is 2.48 bits per heavy atom. The van der Waals surface area contributed by atoms with E-state index in [0.29, 0.717) is 33.6 Å². The van der Waals surface area contributed by atoms with Crippen molar-refractivity contribution in [3.8, 4) is 28.8 Å². The molecular weight excluding hydrogens is 593 g/mol. The summed E-state index contributed by atoms with van der Waals surface area (Å²) in [6.07, 6.45) is -3.39. The molecule has 0 fully saturated rings. The summed E-state index contributed by atoms with van der Waals surface area (Å²) >= 11 is 3.52.